The molecule has 4 unspecified atom stereocenters. The number of aliphatic hydroxyl groups excluding tert-OH is 2. The summed E-state index contributed by atoms with van der Waals surface area (Å²) in [5.74, 6) is 2.58. The second-order valence-electron chi connectivity index (χ2n) is 11.6. The van der Waals surface area contributed by atoms with Gasteiger partial charge in [-0.15, -0.1) is 12.3 Å². The third-order valence-corrected chi connectivity index (χ3v) is 7.31. The van der Waals surface area contributed by atoms with Crippen LogP contribution in [0.4, 0.5) is 0 Å². The fourth-order valence-electron chi connectivity index (χ4n) is 5.28. The van der Waals surface area contributed by atoms with Crippen LogP contribution in [0.5, 0.6) is 0 Å². The van der Waals surface area contributed by atoms with Crippen molar-refractivity contribution in [1.29, 1.82) is 0 Å². The summed E-state index contributed by atoms with van der Waals surface area (Å²) in [6, 6.07) is 0. The first-order valence-electron chi connectivity index (χ1n) is 15.8. The first kappa shape index (κ1) is 38.1. The van der Waals surface area contributed by atoms with Crippen LogP contribution in [-0.2, 0) is 9.53 Å². The first-order valence-corrected chi connectivity index (χ1v) is 15.8. The van der Waals surface area contributed by atoms with Crippen LogP contribution in [0.3, 0.4) is 0 Å². The van der Waals surface area contributed by atoms with Gasteiger partial charge in [0.25, 0.3) is 0 Å². The number of aliphatic hydroxyl groups is 2. The van der Waals surface area contributed by atoms with Gasteiger partial charge in [-0.2, -0.15) is 0 Å². The summed E-state index contributed by atoms with van der Waals surface area (Å²) in [6.45, 7) is 10.4. The van der Waals surface area contributed by atoms with E-state index < -0.39 is 12.1 Å². The van der Waals surface area contributed by atoms with Crippen LogP contribution in [0, 0.1) is 18.3 Å². The number of aromatic nitrogens is 1. The van der Waals surface area contributed by atoms with Crippen molar-refractivity contribution >= 4 is 12.0 Å². The van der Waals surface area contributed by atoms with Crippen molar-refractivity contribution in [2.45, 2.75) is 129 Å². The minimum Gasteiger partial charge on any atom is -0.478 e. The van der Waals surface area contributed by atoms with Crippen molar-refractivity contribution < 1.29 is 29.3 Å². The number of carbonyl (C=O) groups is 1. The summed E-state index contributed by atoms with van der Waals surface area (Å²) in [5, 5.41) is 28.1. The van der Waals surface area contributed by atoms with Gasteiger partial charge < -0.3 is 24.5 Å². The lowest BCUT2D eigenvalue weighted by Crippen LogP contribution is -2.27. The molecule has 0 bridgehead atoms. The summed E-state index contributed by atoms with van der Waals surface area (Å²) < 4.78 is 12.0. The molecule has 4 atom stereocenters. The number of carboxylic acid groups (broad SMARTS) is 1. The van der Waals surface area contributed by atoms with Gasteiger partial charge in [0.1, 0.15) is 18.1 Å². The van der Waals surface area contributed by atoms with Crippen LogP contribution < -0.4 is 0 Å². The van der Waals surface area contributed by atoms with Gasteiger partial charge in [0.15, 0.2) is 0 Å². The lowest BCUT2D eigenvalue weighted by molar-refractivity contribution is -0.131. The highest BCUT2D eigenvalue weighted by Crippen LogP contribution is 2.33. The van der Waals surface area contributed by atoms with E-state index in [1.165, 1.54) is 18.4 Å². The van der Waals surface area contributed by atoms with E-state index in [-0.39, 0.29) is 18.8 Å². The number of rotatable bonds is 20. The third-order valence-electron chi connectivity index (χ3n) is 7.31. The van der Waals surface area contributed by atoms with E-state index in [2.05, 4.69) is 49.9 Å². The van der Waals surface area contributed by atoms with Crippen LogP contribution in [0.25, 0.3) is 6.08 Å². The molecule has 0 saturated carbocycles. The number of hydrogen-bond acceptors (Lipinski definition) is 6. The van der Waals surface area contributed by atoms with Gasteiger partial charge in [-0.05, 0) is 103 Å². The number of nitrogens with zero attached hydrogens (tertiary/aromatic N) is 1. The number of terminal acetylenes is 1. The maximum atomic E-state index is 10.6. The summed E-state index contributed by atoms with van der Waals surface area (Å²) >= 11 is 0. The fourth-order valence-corrected chi connectivity index (χ4v) is 5.28. The maximum absolute atomic E-state index is 10.6. The molecule has 2 heterocycles. The number of hydrogen-bond donors (Lipinski definition) is 3. The number of ether oxygens (including phenoxy) is 1. The van der Waals surface area contributed by atoms with Gasteiger partial charge in [0.05, 0.1) is 12.2 Å². The minimum atomic E-state index is -0.930. The van der Waals surface area contributed by atoms with Crippen molar-refractivity contribution in [3.63, 3.8) is 0 Å². The number of unbranched alkanes of at least 4 members (excludes halogenated alkanes) is 3. The lowest BCUT2D eigenvalue weighted by Gasteiger charge is -2.30. The van der Waals surface area contributed by atoms with E-state index in [9.17, 15) is 9.90 Å². The minimum absolute atomic E-state index is 0.0212. The van der Waals surface area contributed by atoms with E-state index >= 15 is 0 Å². The van der Waals surface area contributed by atoms with E-state index in [1.54, 1.807) is 19.3 Å². The Morgan fingerprint density at radius 2 is 1.95 bits per heavy atom. The normalized spacial score (nSPS) is 18.7. The summed E-state index contributed by atoms with van der Waals surface area (Å²) in [6.07, 6.45) is 27.3. The highest BCUT2D eigenvalue weighted by molar-refractivity contribution is 5.79. The van der Waals surface area contributed by atoms with Crippen LogP contribution in [0.1, 0.15) is 128 Å². The Morgan fingerprint density at radius 1 is 1.21 bits per heavy atom. The molecule has 7 heteroatoms. The molecule has 43 heavy (non-hydrogen) atoms. The van der Waals surface area contributed by atoms with E-state index in [1.807, 2.05) is 6.08 Å². The van der Waals surface area contributed by atoms with Gasteiger partial charge in [-0.3, -0.25) is 0 Å². The highest BCUT2D eigenvalue weighted by Gasteiger charge is 2.27. The smallest absolute Gasteiger partial charge is 0.327 e. The van der Waals surface area contributed by atoms with Crippen molar-refractivity contribution in [2.24, 2.45) is 5.92 Å². The van der Waals surface area contributed by atoms with Gasteiger partial charge in [-0.1, -0.05) is 55.7 Å². The van der Waals surface area contributed by atoms with Crippen LogP contribution >= 0.6 is 0 Å². The number of aliphatic carboxylic acids is 1. The SMILES string of the molecule is C#CC.C=C(CCC/C=C\C(=O)O)CC(O)CC1CCCC(c2coc(/C=C/CCCCC(C)C/C(C)=C/CCO)n2)O1. The maximum Gasteiger partial charge on any atom is 0.327 e. The molecule has 7 nitrogen and oxygen atoms in total. The Bertz CT molecular complexity index is 1050. The monoisotopic (exact) mass is 597 g/mol. The predicted molar refractivity (Wildman–Crippen MR) is 174 cm³/mol. The number of allylic oxidation sites excluding steroid dienone is 3. The van der Waals surface area contributed by atoms with Crippen LogP contribution in [0.2, 0.25) is 0 Å². The number of oxazole rings is 1. The second kappa shape index (κ2) is 23.5. The summed E-state index contributed by atoms with van der Waals surface area (Å²) in [5.41, 5.74) is 3.16. The van der Waals surface area contributed by atoms with Crippen molar-refractivity contribution in [1.82, 2.24) is 4.98 Å². The Hall–Kier alpha value is -2.92. The summed E-state index contributed by atoms with van der Waals surface area (Å²) in [4.78, 5) is 15.1. The highest BCUT2D eigenvalue weighted by atomic mass is 16.5. The van der Waals surface area contributed by atoms with Gasteiger partial charge in [-0.25, -0.2) is 9.78 Å². The Labute approximate surface area is 259 Å². The average molecular weight is 598 g/mol. The molecule has 240 valence electrons. The molecule has 0 aromatic carbocycles. The van der Waals surface area contributed by atoms with Crippen molar-refractivity contribution in [3.8, 4) is 12.3 Å². The molecule has 2 rings (SSSR count). The van der Waals surface area contributed by atoms with Crippen molar-refractivity contribution in [3.05, 3.63) is 59.9 Å². The number of carboxylic acids is 1. The van der Waals surface area contributed by atoms with E-state index in [4.69, 9.17) is 19.4 Å². The Kier molecular flexibility index (Phi) is 20.8. The zero-order valence-electron chi connectivity index (χ0n) is 26.7. The van der Waals surface area contributed by atoms with E-state index in [0.717, 1.165) is 75.1 Å². The quantitative estimate of drug-likeness (QED) is 0.0599. The molecule has 3 N–H and O–H groups in total. The standard InChI is InChI=1S/C33H51NO6.C3H4/c1-25(21-26(2)15-12-20-35)13-7-4-5-9-18-32-34-30(24-39-32)31-17-11-16-29(40-31)23-28(36)22-27(3)14-8-6-10-19-33(37)38;1-3-2/h9-10,15,18-19,24-25,28-29,31,35-36H,3-8,11-14,16-17,20-23H2,1-2H3,(H,37,38);1H,2H3/b18-9+,19-10-,26-15+;. The predicted octanol–water partition coefficient (Wildman–Crippen LogP) is 8.36. The fraction of sp³-hybridized carbons (Fsp3) is 0.611. The molecular weight excluding hydrogens is 542 g/mol. The molecule has 0 amide bonds. The molecule has 1 aliphatic rings. The average Bonchev–Trinajstić information content (AvgIpc) is 3.43. The zero-order valence-corrected chi connectivity index (χ0v) is 26.7. The van der Waals surface area contributed by atoms with Crippen molar-refractivity contribution in [2.75, 3.05) is 6.61 Å². The van der Waals surface area contributed by atoms with Gasteiger partial charge in [0.2, 0.25) is 5.89 Å². The van der Waals surface area contributed by atoms with Crippen LogP contribution in [0.15, 0.2) is 52.7 Å². The summed E-state index contributed by atoms with van der Waals surface area (Å²) in [7, 11) is 0. The van der Waals surface area contributed by atoms with Gasteiger partial charge in [0, 0.05) is 12.7 Å². The molecule has 1 fully saturated rings. The third kappa shape index (κ3) is 19.1. The second-order valence-corrected chi connectivity index (χ2v) is 11.6. The Morgan fingerprint density at radius 3 is 2.67 bits per heavy atom. The molecule has 1 aromatic rings. The molecule has 1 aliphatic heterocycles. The largest absolute Gasteiger partial charge is 0.478 e. The lowest BCUT2D eigenvalue weighted by atomic mass is 9.95. The van der Waals surface area contributed by atoms with E-state index in [0.29, 0.717) is 31.1 Å². The van der Waals surface area contributed by atoms with Crippen LogP contribution in [-0.4, -0.2) is 45.1 Å². The molecule has 1 saturated heterocycles. The molecule has 0 spiro atoms. The Balaban J connectivity index is 0.00000295. The van der Waals surface area contributed by atoms with Gasteiger partial charge >= 0.3 is 5.97 Å². The molecule has 0 radical (unpaired) electrons. The molecular formula is C36H55NO6. The zero-order chi connectivity index (χ0) is 31.9. The first-order chi connectivity index (χ1) is 20.7. The molecule has 0 aliphatic carbocycles. The molecule has 1 aromatic heterocycles. The topological polar surface area (TPSA) is 113 Å².